The van der Waals surface area contributed by atoms with Gasteiger partial charge in [-0.1, -0.05) is 20.8 Å². The first-order chi connectivity index (χ1) is 6.20. The number of nitrogens with two attached hydrogens (primary N) is 1. The van der Waals surface area contributed by atoms with Gasteiger partial charge in [-0.3, -0.25) is 0 Å². The van der Waals surface area contributed by atoms with Crippen molar-refractivity contribution in [2.45, 2.75) is 52.1 Å². The predicted molar refractivity (Wildman–Crippen MR) is 59.2 cm³/mol. The van der Waals surface area contributed by atoms with E-state index in [1.807, 2.05) is 26.2 Å². The SMILES string of the molecule is CC(C)(N)Cn1ccnc1C(C)(C)C. The van der Waals surface area contributed by atoms with Crippen LogP contribution in [0.1, 0.15) is 40.4 Å². The second-order valence-corrected chi connectivity index (χ2v) is 5.62. The number of nitrogens with zero attached hydrogens (tertiary/aromatic N) is 2. The first kappa shape index (κ1) is 11.2. The Balaban J connectivity index is 2.95. The summed E-state index contributed by atoms with van der Waals surface area (Å²) >= 11 is 0. The van der Waals surface area contributed by atoms with Crippen LogP contribution in [0.15, 0.2) is 12.4 Å². The molecule has 0 saturated heterocycles. The van der Waals surface area contributed by atoms with Crippen LogP contribution >= 0.6 is 0 Å². The van der Waals surface area contributed by atoms with Gasteiger partial charge >= 0.3 is 0 Å². The van der Waals surface area contributed by atoms with Crippen LogP contribution in [-0.2, 0) is 12.0 Å². The average Bonchev–Trinajstić information content (AvgIpc) is 2.29. The van der Waals surface area contributed by atoms with Crippen molar-refractivity contribution in [3.05, 3.63) is 18.2 Å². The summed E-state index contributed by atoms with van der Waals surface area (Å²) in [5, 5.41) is 0. The number of hydrogen-bond acceptors (Lipinski definition) is 2. The van der Waals surface area contributed by atoms with E-state index in [-0.39, 0.29) is 11.0 Å². The standard InChI is InChI=1S/C11H21N3/c1-10(2,3)9-13-6-7-14(9)8-11(4,5)12/h6-7H,8,12H2,1-5H3. The first-order valence-corrected chi connectivity index (χ1v) is 5.01. The molecule has 0 bridgehead atoms. The molecule has 0 aliphatic heterocycles. The highest BCUT2D eigenvalue weighted by Gasteiger charge is 2.22. The van der Waals surface area contributed by atoms with E-state index in [0.29, 0.717) is 0 Å². The van der Waals surface area contributed by atoms with E-state index in [9.17, 15) is 0 Å². The molecular formula is C11H21N3. The third-order valence-electron chi connectivity index (χ3n) is 1.96. The highest BCUT2D eigenvalue weighted by molar-refractivity contribution is 5.05. The van der Waals surface area contributed by atoms with Gasteiger partial charge in [0.25, 0.3) is 0 Å². The second kappa shape index (κ2) is 3.39. The Bertz CT molecular complexity index is 299. The molecule has 0 spiro atoms. The van der Waals surface area contributed by atoms with Crippen LogP contribution in [-0.4, -0.2) is 15.1 Å². The van der Waals surface area contributed by atoms with Crippen LogP contribution in [0, 0.1) is 0 Å². The maximum absolute atomic E-state index is 5.99. The molecule has 0 aromatic carbocycles. The van der Waals surface area contributed by atoms with E-state index in [1.165, 1.54) is 0 Å². The molecule has 0 amide bonds. The predicted octanol–water partition coefficient (Wildman–Crippen LogP) is 1.92. The number of hydrogen-bond donors (Lipinski definition) is 1. The largest absolute Gasteiger partial charge is 0.333 e. The van der Waals surface area contributed by atoms with E-state index in [2.05, 4.69) is 30.3 Å². The molecule has 1 aromatic rings. The monoisotopic (exact) mass is 195 g/mol. The molecule has 0 aliphatic carbocycles. The van der Waals surface area contributed by atoms with Crippen LogP contribution in [0.5, 0.6) is 0 Å². The van der Waals surface area contributed by atoms with Crippen LogP contribution < -0.4 is 5.73 Å². The molecule has 1 aromatic heterocycles. The summed E-state index contributed by atoms with van der Waals surface area (Å²) in [5.74, 6) is 1.09. The van der Waals surface area contributed by atoms with E-state index in [4.69, 9.17) is 5.73 Å². The van der Waals surface area contributed by atoms with Crippen LogP contribution in [0.25, 0.3) is 0 Å². The fourth-order valence-electron chi connectivity index (χ4n) is 1.52. The molecule has 0 radical (unpaired) electrons. The minimum Gasteiger partial charge on any atom is -0.333 e. The number of imidazole rings is 1. The van der Waals surface area contributed by atoms with Crippen molar-refractivity contribution in [2.24, 2.45) is 5.73 Å². The minimum absolute atomic E-state index is 0.0781. The van der Waals surface area contributed by atoms with Crippen LogP contribution in [0.3, 0.4) is 0 Å². The topological polar surface area (TPSA) is 43.8 Å². The summed E-state index contributed by atoms with van der Waals surface area (Å²) in [6.07, 6.45) is 3.83. The minimum atomic E-state index is -0.194. The van der Waals surface area contributed by atoms with Gasteiger partial charge in [-0.2, -0.15) is 0 Å². The molecule has 3 nitrogen and oxygen atoms in total. The van der Waals surface area contributed by atoms with Gasteiger partial charge in [0.1, 0.15) is 5.82 Å². The summed E-state index contributed by atoms with van der Waals surface area (Å²) < 4.78 is 2.14. The van der Waals surface area contributed by atoms with E-state index in [0.717, 1.165) is 12.4 Å². The van der Waals surface area contributed by atoms with Crippen LogP contribution in [0.4, 0.5) is 0 Å². The molecule has 0 atom stereocenters. The van der Waals surface area contributed by atoms with Crippen molar-refractivity contribution in [3.63, 3.8) is 0 Å². The molecule has 0 fully saturated rings. The fraction of sp³-hybridized carbons (Fsp3) is 0.727. The molecule has 0 aliphatic rings. The summed E-state index contributed by atoms with van der Waals surface area (Å²) in [4.78, 5) is 4.38. The zero-order valence-corrected chi connectivity index (χ0v) is 9.83. The van der Waals surface area contributed by atoms with E-state index < -0.39 is 0 Å². The average molecular weight is 195 g/mol. The Hall–Kier alpha value is -0.830. The van der Waals surface area contributed by atoms with Crippen molar-refractivity contribution in [2.75, 3.05) is 0 Å². The van der Waals surface area contributed by atoms with Gasteiger partial charge in [-0.15, -0.1) is 0 Å². The summed E-state index contributed by atoms with van der Waals surface area (Å²) in [6.45, 7) is 11.3. The van der Waals surface area contributed by atoms with Crippen molar-refractivity contribution in [1.82, 2.24) is 9.55 Å². The number of rotatable bonds is 2. The molecule has 0 unspecified atom stereocenters. The zero-order valence-electron chi connectivity index (χ0n) is 9.83. The maximum Gasteiger partial charge on any atom is 0.114 e. The summed E-state index contributed by atoms with van der Waals surface area (Å²) in [7, 11) is 0. The van der Waals surface area contributed by atoms with Gasteiger partial charge < -0.3 is 10.3 Å². The van der Waals surface area contributed by atoms with Gasteiger partial charge in [-0.25, -0.2) is 4.98 Å². The normalized spacial score (nSPS) is 13.3. The molecule has 3 heteroatoms. The van der Waals surface area contributed by atoms with Crippen LogP contribution in [0.2, 0.25) is 0 Å². The second-order valence-electron chi connectivity index (χ2n) is 5.62. The Morgan fingerprint density at radius 3 is 2.29 bits per heavy atom. The lowest BCUT2D eigenvalue weighted by Gasteiger charge is -2.25. The molecule has 1 rings (SSSR count). The third-order valence-corrected chi connectivity index (χ3v) is 1.96. The summed E-state index contributed by atoms with van der Waals surface area (Å²) in [5.41, 5.74) is 5.87. The first-order valence-electron chi connectivity index (χ1n) is 5.01. The zero-order chi connectivity index (χ0) is 11.0. The van der Waals surface area contributed by atoms with Gasteiger partial charge in [0.05, 0.1) is 0 Å². The lowest BCUT2D eigenvalue weighted by Crippen LogP contribution is -2.38. The summed E-state index contributed by atoms with van der Waals surface area (Å²) in [6, 6.07) is 0. The van der Waals surface area contributed by atoms with Gasteiger partial charge in [0, 0.05) is 29.9 Å². The Morgan fingerprint density at radius 2 is 1.86 bits per heavy atom. The lowest BCUT2D eigenvalue weighted by molar-refractivity contribution is 0.400. The van der Waals surface area contributed by atoms with Crippen molar-refractivity contribution in [1.29, 1.82) is 0 Å². The Labute approximate surface area is 86.3 Å². The van der Waals surface area contributed by atoms with Crippen molar-refractivity contribution >= 4 is 0 Å². The van der Waals surface area contributed by atoms with Gasteiger partial charge in [0.15, 0.2) is 0 Å². The Morgan fingerprint density at radius 1 is 1.29 bits per heavy atom. The molecular weight excluding hydrogens is 174 g/mol. The van der Waals surface area contributed by atoms with E-state index >= 15 is 0 Å². The third kappa shape index (κ3) is 2.84. The van der Waals surface area contributed by atoms with Crippen molar-refractivity contribution < 1.29 is 0 Å². The number of aromatic nitrogens is 2. The quantitative estimate of drug-likeness (QED) is 0.783. The molecule has 14 heavy (non-hydrogen) atoms. The van der Waals surface area contributed by atoms with Gasteiger partial charge in [0.2, 0.25) is 0 Å². The molecule has 0 saturated carbocycles. The maximum atomic E-state index is 5.99. The smallest absolute Gasteiger partial charge is 0.114 e. The molecule has 80 valence electrons. The van der Waals surface area contributed by atoms with E-state index in [1.54, 1.807) is 0 Å². The fourth-order valence-corrected chi connectivity index (χ4v) is 1.52. The highest BCUT2D eigenvalue weighted by atomic mass is 15.1. The van der Waals surface area contributed by atoms with Gasteiger partial charge in [-0.05, 0) is 13.8 Å². The Kier molecular flexibility index (Phi) is 2.72. The lowest BCUT2D eigenvalue weighted by atomic mass is 9.95. The highest BCUT2D eigenvalue weighted by Crippen LogP contribution is 2.21. The van der Waals surface area contributed by atoms with Crippen molar-refractivity contribution in [3.8, 4) is 0 Å². The molecule has 2 N–H and O–H groups in total. The molecule has 1 heterocycles.